The molecule has 0 amide bonds. The van der Waals surface area contributed by atoms with Gasteiger partial charge in [0.05, 0.1) is 0 Å². The number of hydrogen-bond acceptors (Lipinski definition) is 0. The lowest BCUT2D eigenvalue weighted by molar-refractivity contribution is 0.914. The zero-order valence-electron chi connectivity index (χ0n) is 6.85. The molecule has 1 aliphatic rings. The van der Waals surface area contributed by atoms with E-state index in [0.29, 0.717) is 0 Å². The van der Waals surface area contributed by atoms with Crippen LogP contribution < -0.4 is 0 Å². The maximum Gasteiger partial charge on any atom is 0.0266 e. The standard InChI is InChI=1S/C10H10I2/c1-6-4-8(6)7-2-3-9(11)10(12)5-7/h2-3,5-6,8H,4H2,1H3. The van der Waals surface area contributed by atoms with Gasteiger partial charge in [0.15, 0.2) is 0 Å². The summed E-state index contributed by atoms with van der Waals surface area (Å²) in [7, 11) is 0. The Morgan fingerprint density at radius 2 is 1.92 bits per heavy atom. The average Bonchev–Trinajstić information content (AvgIpc) is 2.73. The van der Waals surface area contributed by atoms with Crippen LogP contribution in [0.4, 0.5) is 0 Å². The summed E-state index contributed by atoms with van der Waals surface area (Å²) < 4.78 is 2.76. The van der Waals surface area contributed by atoms with Crippen molar-refractivity contribution in [1.82, 2.24) is 0 Å². The van der Waals surface area contributed by atoms with E-state index in [0.717, 1.165) is 11.8 Å². The van der Waals surface area contributed by atoms with Crippen LogP contribution in [0.1, 0.15) is 24.8 Å². The number of benzene rings is 1. The Labute approximate surface area is 100 Å². The fourth-order valence-corrected chi connectivity index (χ4v) is 2.40. The molecule has 1 saturated carbocycles. The molecule has 0 saturated heterocycles. The third-order valence-electron chi connectivity index (χ3n) is 2.48. The van der Waals surface area contributed by atoms with Crippen molar-refractivity contribution < 1.29 is 0 Å². The van der Waals surface area contributed by atoms with Crippen molar-refractivity contribution in [3.63, 3.8) is 0 Å². The van der Waals surface area contributed by atoms with Crippen molar-refractivity contribution in [2.75, 3.05) is 0 Å². The molecule has 0 aliphatic heterocycles. The van der Waals surface area contributed by atoms with Gasteiger partial charge in [-0.05, 0) is 81.1 Å². The van der Waals surface area contributed by atoms with Crippen LogP contribution in [-0.2, 0) is 0 Å². The summed E-state index contributed by atoms with van der Waals surface area (Å²) in [5.74, 6) is 1.77. The first-order chi connectivity index (χ1) is 5.68. The Morgan fingerprint density at radius 1 is 1.25 bits per heavy atom. The highest BCUT2D eigenvalue weighted by molar-refractivity contribution is 14.1. The second-order valence-electron chi connectivity index (χ2n) is 3.49. The van der Waals surface area contributed by atoms with E-state index in [1.807, 2.05) is 0 Å². The maximum absolute atomic E-state index is 2.41. The minimum absolute atomic E-state index is 0.857. The average molecular weight is 384 g/mol. The van der Waals surface area contributed by atoms with E-state index in [9.17, 15) is 0 Å². The molecule has 0 aromatic heterocycles. The van der Waals surface area contributed by atoms with Gasteiger partial charge in [-0.25, -0.2) is 0 Å². The molecule has 0 heterocycles. The number of hydrogen-bond donors (Lipinski definition) is 0. The molecule has 1 aromatic rings. The van der Waals surface area contributed by atoms with Crippen molar-refractivity contribution in [2.24, 2.45) is 5.92 Å². The van der Waals surface area contributed by atoms with E-state index in [2.05, 4.69) is 70.3 Å². The molecule has 2 heteroatoms. The molecule has 0 radical (unpaired) electrons. The van der Waals surface area contributed by atoms with Crippen molar-refractivity contribution in [3.8, 4) is 0 Å². The zero-order valence-corrected chi connectivity index (χ0v) is 11.2. The molecule has 1 aromatic carbocycles. The van der Waals surface area contributed by atoms with E-state index >= 15 is 0 Å². The predicted octanol–water partition coefficient (Wildman–Crippen LogP) is 4.02. The Kier molecular flexibility index (Phi) is 2.65. The van der Waals surface area contributed by atoms with Crippen molar-refractivity contribution in [1.29, 1.82) is 0 Å². The van der Waals surface area contributed by atoms with Crippen molar-refractivity contribution in [2.45, 2.75) is 19.3 Å². The first kappa shape index (κ1) is 9.24. The maximum atomic E-state index is 2.41. The van der Waals surface area contributed by atoms with Crippen LogP contribution in [-0.4, -0.2) is 0 Å². The third-order valence-corrected chi connectivity index (χ3v) is 5.35. The van der Waals surface area contributed by atoms with Gasteiger partial charge in [0.25, 0.3) is 0 Å². The second-order valence-corrected chi connectivity index (χ2v) is 5.82. The van der Waals surface area contributed by atoms with E-state index in [-0.39, 0.29) is 0 Å². The van der Waals surface area contributed by atoms with E-state index in [1.54, 1.807) is 0 Å². The summed E-state index contributed by atoms with van der Waals surface area (Å²) in [6, 6.07) is 6.83. The topological polar surface area (TPSA) is 0 Å². The van der Waals surface area contributed by atoms with Crippen LogP contribution >= 0.6 is 45.2 Å². The lowest BCUT2D eigenvalue weighted by Gasteiger charge is -2.01. The molecule has 0 bridgehead atoms. The van der Waals surface area contributed by atoms with E-state index < -0.39 is 0 Å². The normalized spacial score (nSPS) is 27.2. The van der Waals surface area contributed by atoms with E-state index in [4.69, 9.17) is 0 Å². The van der Waals surface area contributed by atoms with Gasteiger partial charge in [-0.2, -0.15) is 0 Å². The van der Waals surface area contributed by atoms with E-state index in [1.165, 1.54) is 19.1 Å². The van der Waals surface area contributed by atoms with Gasteiger partial charge in [-0.3, -0.25) is 0 Å². The van der Waals surface area contributed by atoms with Gasteiger partial charge in [-0.1, -0.05) is 13.0 Å². The summed E-state index contributed by atoms with van der Waals surface area (Å²) >= 11 is 4.79. The molecule has 1 aliphatic carbocycles. The van der Waals surface area contributed by atoms with Crippen LogP contribution in [0, 0.1) is 13.1 Å². The minimum Gasteiger partial charge on any atom is -0.0619 e. The van der Waals surface area contributed by atoms with Gasteiger partial charge in [0.2, 0.25) is 0 Å². The van der Waals surface area contributed by atoms with Crippen LogP contribution in [0.15, 0.2) is 18.2 Å². The summed E-state index contributed by atoms with van der Waals surface area (Å²) in [6.45, 7) is 2.33. The Morgan fingerprint density at radius 3 is 2.42 bits per heavy atom. The second kappa shape index (κ2) is 3.44. The SMILES string of the molecule is CC1CC1c1ccc(I)c(I)c1. The highest BCUT2D eigenvalue weighted by Crippen LogP contribution is 2.47. The molecular weight excluding hydrogens is 374 g/mol. The lowest BCUT2D eigenvalue weighted by Crippen LogP contribution is -1.85. The largest absolute Gasteiger partial charge is 0.0619 e. The van der Waals surface area contributed by atoms with Crippen LogP contribution in [0.2, 0.25) is 0 Å². The monoisotopic (exact) mass is 384 g/mol. The van der Waals surface area contributed by atoms with Gasteiger partial charge >= 0.3 is 0 Å². The summed E-state index contributed by atoms with van der Waals surface area (Å²) in [5, 5.41) is 0. The third kappa shape index (κ3) is 1.78. The van der Waals surface area contributed by atoms with Crippen molar-refractivity contribution in [3.05, 3.63) is 30.9 Å². The smallest absolute Gasteiger partial charge is 0.0266 e. The fourth-order valence-electron chi connectivity index (χ4n) is 1.53. The molecule has 2 atom stereocenters. The van der Waals surface area contributed by atoms with Crippen LogP contribution in [0.3, 0.4) is 0 Å². The molecule has 0 N–H and O–H groups in total. The highest BCUT2D eigenvalue weighted by Gasteiger charge is 2.33. The first-order valence-electron chi connectivity index (χ1n) is 4.13. The molecule has 64 valence electrons. The quantitative estimate of drug-likeness (QED) is 0.642. The molecule has 12 heavy (non-hydrogen) atoms. The van der Waals surface area contributed by atoms with Crippen molar-refractivity contribution >= 4 is 45.2 Å². The van der Waals surface area contributed by atoms with Gasteiger partial charge in [0, 0.05) is 7.14 Å². The first-order valence-corrected chi connectivity index (χ1v) is 6.29. The highest BCUT2D eigenvalue weighted by atomic mass is 127. The Hall–Kier alpha value is 0.680. The predicted molar refractivity (Wildman–Crippen MR) is 68.4 cm³/mol. The molecule has 0 spiro atoms. The van der Waals surface area contributed by atoms with Gasteiger partial charge in [0.1, 0.15) is 0 Å². The molecule has 2 unspecified atom stereocenters. The summed E-state index contributed by atoms with van der Waals surface area (Å²) in [6.07, 6.45) is 1.39. The summed E-state index contributed by atoms with van der Waals surface area (Å²) in [4.78, 5) is 0. The van der Waals surface area contributed by atoms with Gasteiger partial charge < -0.3 is 0 Å². The van der Waals surface area contributed by atoms with Crippen LogP contribution in [0.5, 0.6) is 0 Å². The molecule has 0 nitrogen and oxygen atoms in total. The fraction of sp³-hybridized carbons (Fsp3) is 0.400. The number of halogens is 2. The Balaban J connectivity index is 2.29. The summed E-state index contributed by atoms with van der Waals surface area (Å²) in [5.41, 5.74) is 1.53. The minimum atomic E-state index is 0.857. The van der Waals surface area contributed by atoms with Crippen LogP contribution in [0.25, 0.3) is 0 Å². The van der Waals surface area contributed by atoms with Gasteiger partial charge in [-0.15, -0.1) is 0 Å². The Bertz CT molecular complexity index is 307. The molecule has 2 rings (SSSR count). The molecule has 1 fully saturated rings. The zero-order chi connectivity index (χ0) is 8.72. The molecular formula is C10H10I2. The lowest BCUT2D eigenvalue weighted by atomic mass is 10.1. The number of rotatable bonds is 1.